The fourth-order valence-electron chi connectivity index (χ4n) is 4.64. The van der Waals surface area contributed by atoms with Crippen molar-refractivity contribution in [3.63, 3.8) is 0 Å². The Kier molecular flexibility index (Phi) is 6.00. The zero-order valence-corrected chi connectivity index (χ0v) is 20.3. The molecule has 0 saturated carbocycles. The second-order valence-electron chi connectivity index (χ2n) is 9.01. The summed E-state index contributed by atoms with van der Waals surface area (Å²) in [5, 5.41) is 1.09. The van der Waals surface area contributed by atoms with E-state index in [1.54, 1.807) is 24.3 Å². The van der Waals surface area contributed by atoms with Gasteiger partial charge < -0.3 is 9.64 Å². The van der Waals surface area contributed by atoms with Crippen molar-refractivity contribution in [3.05, 3.63) is 95.7 Å². The second kappa shape index (κ2) is 9.11. The molecule has 5 rings (SSSR count). The van der Waals surface area contributed by atoms with Gasteiger partial charge in [-0.05, 0) is 60.9 Å². The van der Waals surface area contributed by atoms with Crippen molar-refractivity contribution >= 4 is 26.4 Å². The van der Waals surface area contributed by atoms with Crippen LogP contribution in [0.1, 0.15) is 29.2 Å². The number of benzene rings is 3. The van der Waals surface area contributed by atoms with Gasteiger partial charge in [0.25, 0.3) is 0 Å². The average Bonchev–Trinajstić information content (AvgIpc) is 3.33. The smallest absolute Gasteiger partial charge is 0.175 e. The third-order valence-corrected chi connectivity index (χ3v) is 7.57. The Balaban J connectivity index is 1.37. The van der Waals surface area contributed by atoms with E-state index in [2.05, 4.69) is 47.4 Å². The van der Waals surface area contributed by atoms with Crippen LogP contribution in [-0.2, 0) is 16.4 Å². The summed E-state index contributed by atoms with van der Waals surface area (Å²) >= 11 is 0. The summed E-state index contributed by atoms with van der Waals surface area (Å²) in [6.07, 6.45) is 2.34. The molecule has 0 radical (unpaired) electrons. The van der Waals surface area contributed by atoms with Gasteiger partial charge in [-0.2, -0.15) is 0 Å². The highest BCUT2D eigenvalue weighted by atomic mass is 32.2. The van der Waals surface area contributed by atoms with E-state index in [0.29, 0.717) is 17.4 Å². The van der Waals surface area contributed by atoms with E-state index in [-0.39, 0.29) is 0 Å². The van der Waals surface area contributed by atoms with Gasteiger partial charge >= 0.3 is 0 Å². The van der Waals surface area contributed by atoms with E-state index in [0.717, 1.165) is 47.4 Å². The fourth-order valence-corrected chi connectivity index (χ4v) is 5.27. The quantitative estimate of drug-likeness (QED) is 0.370. The van der Waals surface area contributed by atoms with Gasteiger partial charge in [0.1, 0.15) is 12.4 Å². The molecular weight excluding hydrogens is 444 g/mol. The van der Waals surface area contributed by atoms with Crippen LogP contribution >= 0.6 is 0 Å². The molecule has 1 unspecified atom stereocenters. The SMILES string of the molecule is Cc1cc(N2CCC(c3ccccc3)C2)c2cc(OCc3ccc(S(C)(=O)=O)cc3)ccc2n1. The van der Waals surface area contributed by atoms with E-state index >= 15 is 0 Å². The molecule has 34 heavy (non-hydrogen) atoms. The zero-order chi connectivity index (χ0) is 23.7. The van der Waals surface area contributed by atoms with Gasteiger partial charge in [0.15, 0.2) is 9.84 Å². The molecule has 1 aliphatic rings. The van der Waals surface area contributed by atoms with Crippen LogP contribution in [0.15, 0.2) is 83.8 Å². The lowest BCUT2D eigenvalue weighted by Crippen LogP contribution is -2.20. The monoisotopic (exact) mass is 472 g/mol. The lowest BCUT2D eigenvalue weighted by molar-refractivity contribution is 0.306. The first-order chi connectivity index (χ1) is 16.4. The standard InChI is InChI=1S/C28H28N2O3S/c1-20-16-28(30-15-14-23(18-30)22-6-4-3-5-7-22)26-17-24(10-13-27(26)29-20)33-19-21-8-11-25(12-9-21)34(2,31)32/h3-13,16-17,23H,14-15,18-19H2,1-2H3. The van der Waals surface area contributed by atoms with E-state index < -0.39 is 9.84 Å². The van der Waals surface area contributed by atoms with Crippen LogP contribution in [0.5, 0.6) is 5.75 Å². The Morgan fingerprint density at radius 2 is 1.76 bits per heavy atom. The topological polar surface area (TPSA) is 59.5 Å². The van der Waals surface area contributed by atoms with Crippen molar-refractivity contribution in [2.75, 3.05) is 24.2 Å². The molecule has 1 aromatic heterocycles. The van der Waals surface area contributed by atoms with Crippen molar-refractivity contribution in [2.45, 2.75) is 30.8 Å². The Labute approximate surface area is 200 Å². The molecule has 1 aliphatic heterocycles. The van der Waals surface area contributed by atoms with Gasteiger partial charge in [0.05, 0.1) is 10.4 Å². The number of hydrogen-bond donors (Lipinski definition) is 0. The van der Waals surface area contributed by atoms with Crippen molar-refractivity contribution in [3.8, 4) is 5.75 Å². The predicted molar refractivity (Wildman–Crippen MR) is 136 cm³/mol. The van der Waals surface area contributed by atoms with Crippen LogP contribution in [-0.4, -0.2) is 32.7 Å². The molecule has 0 aliphatic carbocycles. The molecule has 5 nitrogen and oxygen atoms in total. The Morgan fingerprint density at radius 1 is 1.00 bits per heavy atom. The number of nitrogens with zero attached hydrogens (tertiary/aromatic N) is 2. The number of fused-ring (bicyclic) bond motifs is 1. The molecule has 174 valence electrons. The first-order valence-electron chi connectivity index (χ1n) is 11.5. The van der Waals surface area contributed by atoms with Crippen molar-refractivity contribution in [1.82, 2.24) is 4.98 Å². The van der Waals surface area contributed by atoms with Crippen molar-refractivity contribution in [1.29, 1.82) is 0 Å². The highest BCUT2D eigenvalue weighted by molar-refractivity contribution is 7.90. The first-order valence-corrected chi connectivity index (χ1v) is 13.4. The molecule has 6 heteroatoms. The molecule has 0 N–H and O–H groups in total. The summed E-state index contributed by atoms with van der Waals surface area (Å²) in [4.78, 5) is 7.51. The summed E-state index contributed by atoms with van der Waals surface area (Å²) < 4.78 is 29.4. The van der Waals surface area contributed by atoms with Crippen LogP contribution in [0, 0.1) is 6.92 Å². The van der Waals surface area contributed by atoms with Crippen LogP contribution < -0.4 is 9.64 Å². The van der Waals surface area contributed by atoms with E-state index in [1.807, 2.05) is 19.1 Å². The molecule has 1 fully saturated rings. The molecule has 2 heterocycles. The van der Waals surface area contributed by atoms with Crippen LogP contribution in [0.3, 0.4) is 0 Å². The van der Waals surface area contributed by atoms with Crippen molar-refractivity contribution < 1.29 is 13.2 Å². The third-order valence-electron chi connectivity index (χ3n) is 6.44. The Bertz CT molecular complexity index is 1420. The normalized spacial score (nSPS) is 16.2. The van der Waals surface area contributed by atoms with Gasteiger partial charge in [-0.25, -0.2) is 8.42 Å². The summed E-state index contributed by atoms with van der Waals surface area (Å²) in [7, 11) is -3.20. The molecule has 0 spiro atoms. The van der Waals surface area contributed by atoms with Gasteiger partial charge in [-0.15, -0.1) is 0 Å². The van der Waals surface area contributed by atoms with Gasteiger partial charge in [0.2, 0.25) is 0 Å². The van der Waals surface area contributed by atoms with Gasteiger partial charge in [-0.1, -0.05) is 42.5 Å². The number of hydrogen-bond acceptors (Lipinski definition) is 5. The predicted octanol–water partition coefficient (Wildman–Crippen LogP) is 5.52. The number of ether oxygens (including phenoxy) is 1. The summed E-state index contributed by atoms with van der Waals surface area (Å²) in [6.45, 7) is 4.40. The number of aromatic nitrogens is 1. The molecule has 1 saturated heterocycles. The third kappa shape index (κ3) is 4.77. The summed E-state index contributed by atoms with van der Waals surface area (Å²) in [5.41, 5.74) is 5.48. The molecular formula is C28H28N2O3S. The molecule has 3 aromatic carbocycles. The number of aryl methyl sites for hydroxylation is 1. The second-order valence-corrected chi connectivity index (χ2v) is 11.0. The molecule has 0 amide bonds. The van der Waals surface area contributed by atoms with Crippen LogP contribution in [0.25, 0.3) is 10.9 Å². The molecule has 4 aromatic rings. The Hall–Kier alpha value is -3.38. The Morgan fingerprint density at radius 3 is 2.50 bits per heavy atom. The minimum atomic E-state index is -3.20. The maximum absolute atomic E-state index is 11.7. The minimum absolute atomic E-state index is 0.312. The number of anilines is 1. The fraction of sp³-hybridized carbons (Fsp3) is 0.250. The minimum Gasteiger partial charge on any atom is -0.489 e. The lowest BCUT2D eigenvalue weighted by Gasteiger charge is -2.22. The van der Waals surface area contributed by atoms with Crippen LogP contribution in [0.4, 0.5) is 5.69 Å². The molecule has 1 atom stereocenters. The van der Waals surface area contributed by atoms with Gasteiger partial charge in [0, 0.05) is 42.0 Å². The maximum Gasteiger partial charge on any atom is 0.175 e. The average molecular weight is 473 g/mol. The highest BCUT2D eigenvalue weighted by Gasteiger charge is 2.25. The number of rotatable bonds is 6. The maximum atomic E-state index is 11.7. The van der Waals surface area contributed by atoms with E-state index in [4.69, 9.17) is 9.72 Å². The zero-order valence-electron chi connectivity index (χ0n) is 19.4. The van der Waals surface area contributed by atoms with E-state index in [9.17, 15) is 8.42 Å². The number of sulfone groups is 1. The van der Waals surface area contributed by atoms with Crippen LogP contribution in [0.2, 0.25) is 0 Å². The summed E-state index contributed by atoms with van der Waals surface area (Å²) in [5.74, 6) is 1.30. The number of pyridine rings is 1. The highest BCUT2D eigenvalue weighted by Crippen LogP contribution is 2.36. The largest absolute Gasteiger partial charge is 0.489 e. The summed E-state index contributed by atoms with van der Waals surface area (Å²) in [6, 6.07) is 25.8. The van der Waals surface area contributed by atoms with Gasteiger partial charge in [-0.3, -0.25) is 4.98 Å². The molecule has 0 bridgehead atoms. The lowest BCUT2D eigenvalue weighted by atomic mass is 9.99. The van der Waals surface area contributed by atoms with Crippen molar-refractivity contribution in [2.24, 2.45) is 0 Å². The first kappa shape index (κ1) is 22.4. The van der Waals surface area contributed by atoms with E-state index in [1.165, 1.54) is 17.5 Å².